The summed E-state index contributed by atoms with van der Waals surface area (Å²) in [6.07, 6.45) is 2.85. The number of aliphatic hydroxyl groups is 2. The van der Waals surface area contributed by atoms with Crippen molar-refractivity contribution in [2.45, 2.75) is 37.9 Å². The smallest absolute Gasteiger partial charge is 0.239 e. The SMILES string of the molecule is CNC(=O)[C@H]1N[C@@H](n2cnc3c(NCc4cc(C)ccn4)nc(-c4cncc(Cl)c4)nc32)[C@H](O)[C@@H]1O. The van der Waals surface area contributed by atoms with Gasteiger partial charge < -0.3 is 20.8 Å². The molecule has 0 aromatic carbocycles. The van der Waals surface area contributed by atoms with Crippen LogP contribution in [0.25, 0.3) is 22.6 Å². The van der Waals surface area contributed by atoms with Crippen molar-refractivity contribution in [2.24, 2.45) is 0 Å². The minimum atomic E-state index is -1.32. The third-order valence-electron chi connectivity index (χ3n) is 5.99. The van der Waals surface area contributed by atoms with Crippen molar-refractivity contribution in [2.75, 3.05) is 12.4 Å². The molecule has 5 rings (SSSR count). The third-order valence-corrected chi connectivity index (χ3v) is 6.19. The first-order valence-electron chi connectivity index (χ1n) is 11.2. The molecule has 4 aromatic heterocycles. The second kappa shape index (κ2) is 9.74. The zero-order valence-corrected chi connectivity index (χ0v) is 20.2. The minimum Gasteiger partial charge on any atom is -0.388 e. The van der Waals surface area contributed by atoms with E-state index in [1.165, 1.54) is 19.6 Å². The average Bonchev–Trinajstić information content (AvgIpc) is 3.43. The van der Waals surface area contributed by atoms with E-state index in [0.29, 0.717) is 39.9 Å². The first-order chi connectivity index (χ1) is 17.4. The fourth-order valence-corrected chi connectivity index (χ4v) is 4.35. The fourth-order valence-electron chi connectivity index (χ4n) is 4.17. The summed E-state index contributed by atoms with van der Waals surface area (Å²) in [5, 5.41) is 30.4. The number of aryl methyl sites for hydroxylation is 1. The number of carbonyl (C=O) groups excluding carboxylic acids is 1. The van der Waals surface area contributed by atoms with E-state index in [4.69, 9.17) is 11.6 Å². The van der Waals surface area contributed by atoms with Gasteiger partial charge in [-0.1, -0.05) is 11.6 Å². The normalized spacial score (nSPS) is 21.6. The zero-order valence-electron chi connectivity index (χ0n) is 19.4. The minimum absolute atomic E-state index is 0.329. The first kappa shape index (κ1) is 24.0. The highest BCUT2D eigenvalue weighted by Gasteiger charge is 2.45. The lowest BCUT2D eigenvalue weighted by Crippen LogP contribution is -2.45. The van der Waals surface area contributed by atoms with Gasteiger partial charge in [0.25, 0.3) is 0 Å². The van der Waals surface area contributed by atoms with Crippen LogP contribution in [0.2, 0.25) is 5.02 Å². The summed E-state index contributed by atoms with van der Waals surface area (Å²) in [6, 6.07) is 4.57. The number of rotatable bonds is 6. The first-order valence-corrected chi connectivity index (χ1v) is 11.6. The van der Waals surface area contributed by atoms with Gasteiger partial charge in [0.2, 0.25) is 5.91 Å². The van der Waals surface area contributed by atoms with Crippen LogP contribution in [0.3, 0.4) is 0 Å². The molecule has 1 amide bonds. The number of halogens is 1. The van der Waals surface area contributed by atoms with Crippen molar-refractivity contribution < 1.29 is 15.0 Å². The molecule has 1 aliphatic heterocycles. The Bertz CT molecular complexity index is 1430. The number of nitrogens with one attached hydrogen (secondary N) is 3. The maximum Gasteiger partial charge on any atom is 0.239 e. The molecule has 5 N–H and O–H groups in total. The number of anilines is 1. The van der Waals surface area contributed by atoms with Crippen LogP contribution in [-0.2, 0) is 11.3 Å². The number of amides is 1. The summed E-state index contributed by atoms with van der Waals surface area (Å²) in [6.45, 7) is 2.37. The highest BCUT2D eigenvalue weighted by molar-refractivity contribution is 6.30. The van der Waals surface area contributed by atoms with E-state index in [1.807, 2.05) is 19.1 Å². The Morgan fingerprint density at radius 2 is 2.03 bits per heavy atom. The summed E-state index contributed by atoms with van der Waals surface area (Å²) in [5.74, 6) is 0.324. The van der Waals surface area contributed by atoms with Gasteiger partial charge in [-0.25, -0.2) is 15.0 Å². The topological polar surface area (TPSA) is 163 Å². The van der Waals surface area contributed by atoms with Crippen molar-refractivity contribution in [3.8, 4) is 11.4 Å². The number of likely N-dealkylation sites (N-methyl/N-ethyl adjacent to an activating group) is 1. The number of imidazole rings is 1. The van der Waals surface area contributed by atoms with Gasteiger partial charge >= 0.3 is 0 Å². The molecule has 1 saturated heterocycles. The zero-order chi connectivity index (χ0) is 25.4. The molecule has 0 radical (unpaired) electrons. The molecule has 1 aliphatic rings. The second-order valence-corrected chi connectivity index (χ2v) is 8.91. The Hall–Kier alpha value is -3.71. The number of pyridine rings is 2. The summed E-state index contributed by atoms with van der Waals surface area (Å²) in [4.78, 5) is 34.5. The lowest BCUT2D eigenvalue weighted by atomic mass is 10.1. The Balaban J connectivity index is 1.58. The predicted octanol–water partition coefficient (Wildman–Crippen LogP) is 0.795. The Morgan fingerprint density at radius 3 is 2.78 bits per heavy atom. The molecule has 0 unspecified atom stereocenters. The maximum atomic E-state index is 12.2. The van der Waals surface area contributed by atoms with Gasteiger partial charge in [-0.2, -0.15) is 0 Å². The Kier molecular flexibility index (Phi) is 6.49. The monoisotopic (exact) mass is 509 g/mol. The van der Waals surface area contributed by atoms with Crippen LogP contribution < -0.4 is 16.0 Å². The predicted molar refractivity (Wildman–Crippen MR) is 132 cm³/mol. The molecule has 186 valence electrons. The van der Waals surface area contributed by atoms with Crippen LogP contribution in [0.4, 0.5) is 5.82 Å². The molecule has 4 atom stereocenters. The number of carbonyl (C=O) groups is 1. The van der Waals surface area contributed by atoms with E-state index in [9.17, 15) is 15.0 Å². The maximum absolute atomic E-state index is 12.2. The van der Waals surface area contributed by atoms with Gasteiger partial charge in [0.1, 0.15) is 24.4 Å². The fraction of sp³-hybridized carbons (Fsp3) is 0.304. The summed E-state index contributed by atoms with van der Waals surface area (Å²) in [7, 11) is 1.46. The van der Waals surface area contributed by atoms with Gasteiger partial charge in [0.15, 0.2) is 22.8 Å². The molecular formula is C23H24ClN9O3. The van der Waals surface area contributed by atoms with Crippen LogP contribution in [-0.4, -0.2) is 70.9 Å². The Labute approximate surface area is 210 Å². The van der Waals surface area contributed by atoms with Crippen molar-refractivity contribution in [1.82, 2.24) is 40.1 Å². The summed E-state index contributed by atoms with van der Waals surface area (Å²) < 4.78 is 1.57. The van der Waals surface area contributed by atoms with E-state index in [1.54, 1.807) is 23.0 Å². The van der Waals surface area contributed by atoms with Crippen LogP contribution >= 0.6 is 11.6 Å². The largest absolute Gasteiger partial charge is 0.388 e. The molecule has 12 nitrogen and oxygen atoms in total. The average molecular weight is 510 g/mol. The molecule has 0 bridgehead atoms. The lowest BCUT2D eigenvalue weighted by molar-refractivity contribution is -0.125. The van der Waals surface area contributed by atoms with E-state index in [-0.39, 0.29) is 0 Å². The number of hydrogen-bond donors (Lipinski definition) is 5. The van der Waals surface area contributed by atoms with E-state index in [2.05, 4.69) is 40.9 Å². The van der Waals surface area contributed by atoms with Crippen molar-refractivity contribution in [1.29, 1.82) is 0 Å². The Morgan fingerprint density at radius 1 is 1.19 bits per heavy atom. The highest BCUT2D eigenvalue weighted by Crippen LogP contribution is 2.30. The quantitative estimate of drug-likeness (QED) is 0.251. The van der Waals surface area contributed by atoms with E-state index < -0.39 is 30.3 Å². The number of nitrogens with zero attached hydrogens (tertiary/aromatic N) is 6. The van der Waals surface area contributed by atoms with Crippen LogP contribution in [0.5, 0.6) is 0 Å². The van der Waals surface area contributed by atoms with E-state index >= 15 is 0 Å². The van der Waals surface area contributed by atoms with Crippen molar-refractivity contribution in [3.05, 3.63) is 59.4 Å². The standard InChI is InChI=1S/C23H24ClN9O3/c1-11-3-4-27-14(5-11)9-28-20-16-21(32-19(31-20)12-6-13(24)8-26-7-12)33(10-29-16)22-18(35)17(34)15(30-22)23(36)25-2/h3-8,10,15,17-18,22,30,34-35H,9H2,1-2H3,(H,25,36)(H,28,31,32)/t15-,17+,18+,22-/m0/s1. The van der Waals surface area contributed by atoms with E-state index in [0.717, 1.165) is 11.3 Å². The molecule has 36 heavy (non-hydrogen) atoms. The van der Waals surface area contributed by atoms with Gasteiger partial charge in [0.05, 0.1) is 23.6 Å². The second-order valence-electron chi connectivity index (χ2n) is 8.47. The van der Waals surface area contributed by atoms with Crippen molar-refractivity contribution >= 4 is 34.5 Å². The van der Waals surface area contributed by atoms with Gasteiger partial charge in [-0.05, 0) is 30.7 Å². The number of fused-ring (bicyclic) bond motifs is 1. The highest BCUT2D eigenvalue weighted by atomic mass is 35.5. The van der Waals surface area contributed by atoms with Crippen LogP contribution in [0.15, 0.2) is 43.1 Å². The summed E-state index contributed by atoms with van der Waals surface area (Å²) in [5.41, 5.74) is 3.29. The third kappa shape index (κ3) is 4.46. The molecule has 0 saturated carbocycles. The molecule has 0 aliphatic carbocycles. The number of aromatic nitrogens is 6. The molecular weight excluding hydrogens is 486 g/mol. The summed E-state index contributed by atoms with van der Waals surface area (Å²) >= 11 is 6.15. The van der Waals surface area contributed by atoms with Gasteiger partial charge in [-0.15, -0.1) is 0 Å². The number of aliphatic hydroxyl groups excluding tert-OH is 2. The lowest BCUT2D eigenvalue weighted by Gasteiger charge is -2.18. The molecule has 0 spiro atoms. The number of hydrogen-bond acceptors (Lipinski definition) is 10. The van der Waals surface area contributed by atoms with Gasteiger partial charge in [-0.3, -0.25) is 24.6 Å². The van der Waals surface area contributed by atoms with Crippen LogP contribution in [0, 0.1) is 6.92 Å². The van der Waals surface area contributed by atoms with Crippen LogP contribution in [0.1, 0.15) is 17.4 Å². The van der Waals surface area contributed by atoms with Gasteiger partial charge in [0, 0.05) is 31.2 Å². The molecule has 4 aromatic rings. The molecule has 1 fully saturated rings. The molecule has 13 heteroatoms. The van der Waals surface area contributed by atoms with Crippen molar-refractivity contribution in [3.63, 3.8) is 0 Å². The molecule has 5 heterocycles.